The van der Waals surface area contributed by atoms with Crippen molar-refractivity contribution in [1.29, 1.82) is 0 Å². The number of hydrazine groups is 1. The van der Waals surface area contributed by atoms with E-state index in [2.05, 4.69) is 0 Å². The van der Waals surface area contributed by atoms with Crippen LogP contribution < -0.4 is 0 Å². The molecule has 0 spiro atoms. The van der Waals surface area contributed by atoms with E-state index in [0.717, 1.165) is 19.5 Å². The minimum absolute atomic E-state index is 0.191. The Hall–Kier alpha value is -0.610. The monoisotopic (exact) mass is 186 g/mol. The number of carbonyl (C=O) groups is 1. The highest BCUT2D eigenvalue weighted by atomic mass is 16.3. The zero-order valence-corrected chi connectivity index (χ0v) is 8.36. The van der Waals surface area contributed by atoms with Gasteiger partial charge in [0.1, 0.15) is 0 Å². The molecular formula is C9H18N2O2. The fourth-order valence-electron chi connectivity index (χ4n) is 1.69. The van der Waals surface area contributed by atoms with Gasteiger partial charge in [-0.05, 0) is 20.3 Å². The third kappa shape index (κ3) is 2.42. The summed E-state index contributed by atoms with van der Waals surface area (Å²) in [6.07, 6.45) is 1.35. The molecule has 0 aromatic rings. The smallest absolute Gasteiger partial charge is 0.238 e. The van der Waals surface area contributed by atoms with Crippen LogP contribution in [0, 0.1) is 0 Å². The molecule has 0 aromatic carbocycles. The minimum atomic E-state index is 0.191. The molecule has 0 atom stereocenters. The molecule has 0 radical (unpaired) electrons. The van der Waals surface area contributed by atoms with Gasteiger partial charge >= 0.3 is 0 Å². The van der Waals surface area contributed by atoms with Crippen molar-refractivity contribution in [2.24, 2.45) is 0 Å². The number of hydrogen-bond donors (Lipinski definition) is 1. The molecule has 1 aliphatic rings. The van der Waals surface area contributed by atoms with Gasteiger partial charge in [0.2, 0.25) is 5.91 Å². The van der Waals surface area contributed by atoms with Crippen LogP contribution in [-0.4, -0.2) is 46.8 Å². The van der Waals surface area contributed by atoms with Crippen molar-refractivity contribution < 1.29 is 9.90 Å². The number of carbonyl (C=O) groups excluding carboxylic acids is 1. The Kier molecular flexibility index (Phi) is 3.69. The van der Waals surface area contributed by atoms with E-state index in [-0.39, 0.29) is 18.6 Å². The summed E-state index contributed by atoms with van der Waals surface area (Å²) in [6.45, 7) is 5.79. The molecule has 1 N–H and O–H groups in total. The van der Waals surface area contributed by atoms with Gasteiger partial charge in [-0.1, -0.05) is 0 Å². The molecule has 13 heavy (non-hydrogen) atoms. The lowest BCUT2D eigenvalue weighted by Gasteiger charge is -2.31. The maximum Gasteiger partial charge on any atom is 0.238 e. The first kappa shape index (κ1) is 10.5. The van der Waals surface area contributed by atoms with E-state index >= 15 is 0 Å². The van der Waals surface area contributed by atoms with Gasteiger partial charge in [0.25, 0.3) is 0 Å². The van der Waals surface area contributed by atoms with Crippen LogP contribution in [0.15, 0.2) is 0 Å². The van der Waals surface area contributed by atoms with Crippen molar-refractivity contribution in [3.8, 4) is 0 Å². The fourth-order valence-corrected chi connectivity index (χ4v) is 1.69. The van der Waals surface area contributed by atoms with Crippen LogP contribution in [0.4, 0.5) is 0 Å². The van der Waals surface area contributed by atoms with Gasteiger partial charge in [-0.15, -0.1) is 0 Å². The summed E-state index contributed by atoms with van der Waals surface area (Å²) in [5.74, 6) is 0.202. The maximum atomic E-state index is 11.4. The Bertz CT molecular complexity index is 182. The van der Waals surface area contributed by atoms with Gasteiger partial charge in [0, 0.05) is 32.2 Å². The van der Waals surface area contributed by atoms with Crippen molar-refractivity contribution in [3.63, 3.8) is 0 Å². The van der Waals surface area contributed by atoms with Gasteiger partial charge in [0.05, 0.1) is 0 Å². The lowest BCUT2D eigenvalue weighted by molar-refractivity contribution is -0.141. The first-order chi connectivity index (χ1) is 6.16. The highest BCUT2D eigenvalue weighted by Gasteiger charge is 2.29. The second kappa shape index (κ2) is 4.58. The summed E-state index contributed by atoms with van der Waals surface area (Å²) in [6, 6.07) is 0.230. The maximum absolute atomic E-state index is 11.4. The number of aliphatic hydroxyl groups excluding tert-OH is 1. The van der Waals surface area contributed by atoms with E-state index in [1.165, 1.54) is 0 Å². The van der Waals surface area contributed by atoms with E-state index in [9.17, 15) is 4.79 Å². The molecule has 1 rings (SSSR count). The second-order valence-corrected chi connectivity index (χ2v) is 3.61. The van der Waals surface area contributed by atoms with E-state index in [4.69, 9.17) is 5.11 Å². The van der Waals surface area contributed by atoms with Crippen LogP contribution in [0.2, 0.25) is 0 Å². The Labute approximate surface area is 79.1 Å². The number of hydrogen-bond acceptors (Lipinski definition) is 3. The lowest BCUT2D eigenvalue weighted by atomic mass is 10.3. The molecule has 1 heterocycles. The number of aliphatic hydroxyl groups is 1. The molecule has 0 aromatic heterocycles. The average Bonchev–Trinajstić information content (AvgIpc) is 2.43. The molecule has 0 aliphatic carbocycles. The third-order valence-corrected chi connectivity index (χ3v) is 2.21. The lowest BCUT2D eigenvalue weighted by Crippen LogP contribution is -2.44. The first-order valence-electron chi connectivity index (χ1n) is 4.84. The Morgan fingerprint density at radius 3 is 2.77 bits per heavy atom. The Morgan fingerprint density at radius 1 is 1.54 bits per heavy atom. The quantitative estimate of drug-likeness (QED) is 0.683. The highest BCUT2D eigenvalue weighted by Crippen LogP contribution is 2.15. The van der Waals surface area contributed by atoms with Crippen LogP contribution in [-0.2, 0) is 4.79 Å². The van der Waals surface area contributed by atoms with Crippen molar-refractivity contribution in [3.05, 3.63) is 0 Å². The Morgan fingerprint density at radius 2 is 2.23 bits per heavy atom. The average molecular weight is 186 g/mol. The summed E-state index contributed by atoms with van der Waals surface area (Å²) in [7, 11) is 0. The van der Waals surface area contributed by atoms with Crippen LogP contribution in [0.1, 0.15) is 26.7 Å². The molecule has 0 bridgehead atoms. The zero-order chi connectivity index (χ0) is 9.84. The minimum Gasteiger partial charge on any atom is -0.396 e. The van der Waals surface area contributed by atoms with E-state index < -0.39 is 0 Å². The van der Waals surface area contributed by atoms with Crippen LogP contribution in [0.5, 0.6) is 0 Å². The second-order valence-electron chi connectivity index (χ2n) is 3.61. The van der Waals surface area contributed by atoms with Gasteiger partial charge in [-0.25, -0.2) is 5.01 Å². The summed E-state index contributed by atoms with van der Waals surface area (Å²) in [5, 5.41) is 12.5. The van der Waals surface area contributed by atoms with Crippen LogP contribution in [0.25, 0.3) is 0 Å². The van der Waals surface area contributed by atoms with Crippen molar-refractivity contribution in [2.45, 2.75) is 32.7 Å². The van der Waals surface area contributed by atoms with E-state index in [0.29, 0.717) is 6.42 Å². The predicted octanol–water partition coefficient (Wildman–Crippen LogP) is 0.226. The molecule has 0 unspecified atom stereocenters. The molecule has 1 aliphatic heterocycles. The SMILES string of the molecule is CC(C)N1C(=O)CCN1CCCO. The third-order valence-electron chi connectivity index (χ3n) is 2.21. The van der Waals surface area contributed by atoms with Gasteiger partial charge < -0.3 is 5.11 Å². The van der Waals surface area contributed by atoms with Crippen LogP contribution in [0.3, 0.4) is 0 Å². The largest absolute Gasteiger partial charge is 0.396 e. The van der Waals surface area contributed by atoms with Crippen molar-refractivity contribution in [2.75, 3.05) is 19.7 Å². The van der Waals surface area contributed by atoms with Gasteiger partial charge in [-0.2, -0.15) is 0 Å². The molecule has 76 valence electrons. The van der Waals surface area contributed by atoms with Gasteiger partial charge in [0.15, 0.2) is 0 Å². The van der Waals surface area contributed by atoms with Gasteiger partial charge in [-0.3, -0.25) is 9.80 Å². The summed E-state index contributed by atoms with van der Waals surface area (Å²) in [5.41, 5.74) is 0. The molecule has 4 nitrogen and oxygen atoms in total. The standard InChI is InChI=1S/C9H18N2O2/c1-8(2)11-9(13)4-6-10(11)5-3-7-12/h8,12H,3-7H2,1-2H3. The summed E-state index contributed by atoms with van der Waals surface area (Å²) >= 11 is 0. The number of amides is 1. The summed E-state index contributed by atoms with van der Waals surface area (Å²) < 4.78 is 0. The summed E-state index contributed by atoms with van der Waals surface area (Å²) in [4.78, 5) is 11.4. The first-order valence-corrected chi connectivity index (χ1v) is 4.84. The Balaban J connectivity index is 2.49. The molecular weight excluding hydrogens is 168 g/mol. The highest BCUT2D eigenvalue weighted by molar-refractivity contribution is 5.77. The topological polar surface area (TPSA) is 43.8 Å². The van der Waals surface area contributed by atoms with Crippen LogP contribution >= 0.6 is 0 Å². The molecule has 1 fully saturated rings. The number of nitrogens with zero attached hydrogens (tertiary/aromatic N) is 2. The van der Waals surface area contributed by atoms with Crippen molar-refractivity contribution >= 4 is 5.91 Å². The molecule has 1 saturated heterocycles. The number of rotatable bonds is 4. The molecule has 0 saturated carbocycles. The molecule has 1 amide bonds. The van der Waals surface area contributed by atoms with E-state index in [1.54, 1.807) is 5.01 Å². The fraction of sp³-hybridized carbons (Fsp3) is 0.889. The zero-order valence-electron chi connectivity index (χ0n) is 8.36. The predicted molar refractivity (Wildman–Crippen MR) is 49.9 cm³/mol. The normalized spacial score (nSPS) is 19.1. The van der Waals surface area contributed by atoms with E-state index in [1.807, 2.05) is 18.9 Å². The molecule has 4 heteroatoms. The van der Waals surface area contributed by atoms with Crippen molar-refractivity contribution in [1.82, 2.24) is 10.0 Å².